The largest absolute Gasteiger partial charge is 0.367 e. The van der Waals surface area contributed by atoms with Crippen molar-refractivity contribution in [1.82, 2.24) is 5.16 Å². The van der Waals surface area contributed by atoms with Crippen LogP contribution in [0.25, 0.3) is 11.1 Å². The van der Waals surface area contributed by atoms with Crippen molar-refractivity contribution in [3.05, 3.63) is 34.7 Å². The average Bonchev–Trinajstić information content (AvgIpc) is 2.59. The van der Waals surface area contributed by atoms with Crippen molar-refractivity contribution in [3.8, 4) is 11.1 Å². The first-order chi connectivity index (χ1) is 8.79. The van der Waals surface area contributed by atoms with Crippen LogP contribution >= 0.6 is 11.6 Å². The topological polar surface area (TPSA) is 52.0 Å². The first-order valence-corrected chi connectivity index (χ1v) is 6.36. The maximum Gasteiger partial charge on any atom is 0.230 e. The van der Waals surface area contributed by atoms with Crippen molar-refractivity contribution in [1.29, 1.82) is 0 Å². The Hall–Kier alpha value is -1.55. The Bertz CT molecular complexity index is 582. The van der Waals surface area contributed by atoms with Gasteiger partial charge in [-0.25, -0.2) is 4.39 Å². The number of nitrogens with two attached hydrogens (primary N) is 1. The van der Waals surface area contributed by atoms with Crippen LogP contribution in [-0.4, -0.2) is 5.16 Å². The van der Waals surface area contributed by atoms with E-state index in [4.69, 9.17) is 21.9 Å². The number of hydrogen-bond acceptors (Lipinski definition) is 3. The van der Waals surface area contributed by atoms with Crippen LogP contribution in [0, 0.1) is 11.2 Å². The van der Waals surface area contributed by atoms with E-state index in [1.807, 2.05) is 0 Å². The molecule has 2 N–H and O–H groups in total. The zero-order valence-corrected chi connectivity index (χ0v) is 11.9. The van der Waals surface area contributed by atoms with Gasteiger partial charge in [-0.2, -0.15) is 0 Å². The van der Waals surface area contributed by atoms with Crippen LogP contribution in [0.3, 0.4) is 0 Å². The van der Waals surface area contributed by atoms with Crippen LogP contribution in [0.2, 0.25) is 5.02 Å². The Morgan fingerprint density at radius 2 is 2.00 bits per heavy atom. The van der Waals surface area contributed by atoms with Crippen molar-refractivity contribution in [2.75, 3.05) is 5.73 Å². The van der Waals surface area contributed by atoms with E-state index in [9.17, 15) is 4.39 Å². The van der Waals surface area contributed by atoms with Gasteiger partial charge in [0.05, 0.1) is 16.3 Å². The highest BCUT2D eigenvalue weighted by Gasteiger charge is 2.24. The molecule has 2 rings (SSSR count). The molecule has 0 saturated heterocycles. The second kappa shape index (κ2) is 4.85. The quantitative estimate of drug-likeness (QED) is 0.893. The molecule has 19 heavy (non-hydrogen) atoms. The second-order valence-electron chi connectivity index (χ2n) is 5.70. The zero-order chi connectivity index (χ0) is 14.2. The number of halogens is 2. The molecule has 0 atom stereocenters. The summed E-state index contributed by atoms with van der Waals surface area (Å²) in [6, 6.07) is 4.51. The van der Waals surface area contributed by atoms with Crippen LogP contribution in [0.5, 0.6) is 0 Å². The molecule has 0 amide bonds. The highest BCUT2D eigenvalue weighted by Crippen LogP contribution is 2.38. The van der Waals surface area contributed by atoms with Gasteiger partial charge in [-0.1, -0.05) is 43.6 Å². The third-order valence-corrected chi connectivity index (χ3v) is 3.01. The summed E-state index contributed by atoms with van der Waals surface area (Å²) >= 11 is 6.07. The van der Waals surface area contributed by atoms with E-state index in [1.54, 1.807) is 12.1 Å². The van der Waals surface area contributed by atoms with Crippen molar-refractivity contribution < 1.29 is 8.91 Å². The zero-order valence-electron chi connectivity index (χ0n) is 11.1. The van der Waals surface area contributed by atoms with Crippen LogP contribution in [0.4, 0.5) is 10.3 Å². The molecule has 0 aliphatic carbocycles. The molecule has 1 aromatic carbocycles. The Kier molecular flexibility index (Phi) is 3.54. The van der Waals surface area contributed by atoms with Gasteiger partial charge < -0.3 is 10.3 Å². The molecule has 0 radical (unpaired) electrons. The van der Waals surface area contributed by atoms with Gasteiger partial charge in [-0.3, -0.25) is 0 Å². The van der Waals surface area contributed by atoms with Gasteiger partial charge in [0, 0.05) is 5.56 Å². The molecule has 0 bridgehead atoms. The van der Waals surface area contributed by atoms with Crippen molar-refractivity contribution in [3.63, 3.8) is 0 Å². The average molecular weight is 283 g/mol. The molecular weight excluding hydrogens is 267 g/mol. The molecular formula is C14H16ClFN2O. The highest BCUT2D eigenvalue weighted by molar-refractivity contribution is 6.33. The smallest absolute Gasteiger partial charge is 0.230 e. The maximum atomic E-state index is 14.0. The Morgan fingerprint density at radius 1 is 1.32 bits per heavy atom. The molecule has 2 aromatic rings. The van der Waals surface area contributed by atoms with E-state index < -0.39 is 5.82 Å². The summed E-state index contributed by atoms with van der Waals surface area (Å²) in [7, 11) is 0. The van der Waals surface area contributed by atoms with E-state index in [0.717, 1.165) is 0 Å². The van der Waals surface area contributed by atoms with Crippen LogP contribution in [0.1, 0.15) is 26.5 Å². The first kappa shape index (κ1) is 13.9. The lowest BCUT2D eigenvalue weighted by Gasteiger charge is -2.17. The van der Waals surface area contributed by atoms with Gasteiger partial charge in [-0.15, -0.1) is 0 Å². The minimum absolute atomic E-state index is 0.0181. The van der Waals surface area contributed by atoms with E-state index >= 15 is 0 Å². The van der Waals surface area contributed by atoms with E-state index in [2.05, 4.69) is 25.9 Å². The first-order valence-electron chi connectivity index (χ1n) is 5.98. The van der Waals surface area contributed by atoms with Gasteiger partial charge >= 0.3 is 0 Å². The number of hydrogen-bond donors (Lipinski definition) is 1. The molecule has 0 unspecified atom stereocenters. The van der Waals surface area contributed by atoms with E-state index in [-0.39, 0.29) is 16.9 Å². The van der Waals surface area contributed by atoms with Crippen LogP contribution in [0.15, 0.2) is 22.7 Å². The number of benzene rings is 1. The molecule has 0 aliphatic heterocycles. The second-order valence-corrected chi connectivity index (χ2v) is 6.11. The summed E-state index contributed by atoms with van der Waals surface area (Å²) in [5, 5.41) is 4.23. The number of nitrogen functional groups attached to an aromatic ring is 1. The van der Waals surface area contributed by atoms with Gasteiger partial charge in [0.2, 0.25) is 5.88 Å². The molecule has 0 fully saturated rings. The minimum Gasteiger partial charge on any atom is -0.367 e. The van der Waals surface area contributed by atoms with Gasteiger partial charge in [0.25, 0.3) is 0 Å². The molecule has 1 heterocycles. The van der Waals surface area contributed by atoms with Crippen LogP contribution < -0.4 is 5.73 Å². The predicted molar refractivity (Wildman–Crippen MR) is 74.5 cm³/mol. The number of rotatable bonds is 2. The lowest BCUT2D eigenvalue weighted by Crippen LogP contribution is -2.10. The number of aromatic nitrogens is 1. The van der Waals surface area contributed by atoms with Gasteiger partial charge in [0.1, 0.15) is 5.82 Å². The predicted octanol–water partition coefficient (Wildman–Crippen LogP) is 4.30. The highest BCUT2D eigenvalue weighted by atomic mass is 35.5. The summed E-state index contributed by atoms with van der Waals surface area (Å²) in [5.41, 5.74) is 7.09. The summed E-state index contributed by atoms with van der Waals surface area (Å²) in [5.74, 6) is -0.344. The molecule has 0 saturated carbocycles. The van der Waals surface area contributed by atoms with E-state index in [1.165, 1.54) is 6.07 Å². The normalized spacial score (nSPS) is 11.8. The molecule has 5 heteroatoms. The summed E-state index contributed by atoms with van der Waals surface area (Å²) < 4.78 is 19.0. The molecule has 0 aliphatic rings. The monoisotopic (exact) mass is 282 g/mol. The Labute approximate surface area is 116 Å². The summed E-state index contributed by atoms with van der Waals surface area (Å²) in [6.45, 7) is 6.18. The Morgan fingerprint density at radius 3 is 2.58 bits per heavy atom. The Balaban J connectivity index is 2.59. The molecule has 3 nitrogen and oxygen atoms in total. The summed E-state index contributed by atoms with van der Waals surface area (Å²) in [4.78, 5) is 0. The SMILES string of the molecule is CC(C)(C)Cc1noc(N)c1-c1c(F)cccc1Cl. The third kappa shape index (κ3) is 2.89. The minimum atomic E-state index is -0.433. The van der Waals surface area contributed by atoms with Crippen molar-refractivity contribution >= 4 is 17.5 Å². The number of nitrogens with zero attached hydrogens (tertiary/aromatic N) is 1. The van der Waals surface area contributed by atoms with Crippen LogP contribution in [-0.2, 0) is 6.42 Å². The molecule has 0 spiro atoms. The lowest BCUT2D eigenvalue weighted by molar-refractivity contribution is 0.377. The number of anilines is 1. The lowest BCUT2D eigenvalue weighted by atomic mass is 9.88. The third-order valence-electron chi connectivity index (χ3n) is 2.70. The molecule has 1 aromatic heterocycles. The molecule has 102 valence electrons. The van der Waals surface area contributed by atoms with Crippen molar-refractivity contribution in [2.24, 2.45) is 5.41 Å². The van der Waals surface area contributed by atoms with Crippen molar-refractivity contribution in [2.45, 2.75) is 27.2 Å². The van der Waals surface area contributed by atoms with E-state index in [0.29, 0.717) is 22.7 Å². The van der Waals surface area contributed by atoms with Gasteiger partial charge in [0.15, 0.2) is 0 Å². The van der Waals surface area contributed by atoms with Gasteiger partial charge in [-0.05, 0) is 24.0 Å². The standard InChI is InChI=1S/C14H16ClFN2O/c1-14(2,3)7-10-12(13(17)19-18-10)11-8(15)5-4-6-9(11)16/h4-6H,7,17H2,1-3H3. The fraction of sp³-hybridized carbons (Fsp3) is 0.357. The summed E-state index contributed by atoms with van der Waals surface area (Å²) in [6.07, 6.45) is 0.619. The fourth-order valence-electron chi connectivity index (χ4n) is 1.96. The maximum absolute atomic E-state index is 14.0. The fourth-order valence-corrected chi connectivity index (χ4v) is 2.22.